The van der Waals surface area contributed by atoms with Crippen LogP contribution in [0.3, 0.4) is 0 Å². The van der Waals surface area contributed by atoms with E-state index in [0.29, 0.717) is 11.6 Å². The van der Waals surface area contributed by atoms with Crippen molar-refractivity contribution in [1.82, 2.24) is 29.5 Å². The maximum absolute atomic E-state index is 4.25. The lowest BCUT2D eigenvalue weighted by Crippen LogP contribution is -1.87. The molecule has 3 aromatic rings. The molecule has 0 bridgehead atoms. The quantitative estimate of drug-likeness (QED) is 0.572. The van der Waals surface area contributed by atoms with E-state index < -0.39 is 0 Å². The molecule has 0 unspecified atom stereocenters. The van der Waals surface area contributed by atoms with Gasteiger partial charge >= 0.3 is 0 Å². The molecular weight excluding hydrogens is 192 g/mol. The summed E-state index contributed by atoms with van der Waals surface area (Å²) in [5.74, 6) is 1.14. The Morgan fingerprint density at radius 1 is 1.13 bits per heavy atom. The molecule has 0 aliphatic heterocycles. The van der Waals surface area contributed by atoms with Crippen LogP contribution in [0.15, 0.2) is 37.2 Å². The Morgan fingerprint density at radius 2 is 2.00 bits per heavy atom. The van der Waals surface area contributed by atoms with Gasteiger partial charge in [0.15, 0.2) is 5.82 Å². The van der Waals surface area contributed by atoms with Crippen LogP contribution in [0, 0.1) is 0 Å². The number of hydrogen-bond donors (Lipinski definition) is 0. The molecule has 0 spiro atoms. The van der Waals surface area contributed by atoms with Gasteiger partial charge in [-0.25, -0.2) is 19.5 Å². The number of aromatic nitrogens is 6. The Labute approximate surface area is 84.7 Å². The van der Waals surface area contributed by atoms with Crippen molar-refractivity contribution in [2.75, 3.05) is 0 Å². The van der Waals surface area contributed by atoms with Crippen LogP contribution in [0.4, 0.5) is 0 Å². The molecule has 0 saturated heterocycles. The fraction of sp³-hybridized carbons (Fsp3) is 0. The summed E-state index contributed by atoms with van der Waals surface area (Å²) < 4.78 is 1.61. The molecule has 0 N–H and O–H groups in total. The van der Waals surface area contributed by atoms with E-state index in [-0.39, 0.29) is 0 Å². The molecule has 3 rings (SSSR count). The SMILES string of the molecule is c1cnc2nc(-c3cncnc3)nn2c1. The van der Waals surface area contributed by atoms with Crippen LogP contribution in [0.5, 0.6) is 0 Å². The van der Waals surface area contributed by atoms with Crippen LogP contribution in [0.1, 0.15) is 0 Å². The third-order valence-electron chi connectivity index (χ3n) is 1.94. The summed E-state index contributed by atoms with van der Waals surface area (Å²) in [5.41, 5.74) is 0.781. The van der Waals surface area contributed by atoms with Crippen LogP contribution in [0.25, 0.3) is 17.2 Å². The second-order valence-corrected chi connectivity index (χ2v) is 2.93. The van der Waals surface area contributed by atoms with Crippen molar-refractivity contribution in [1.29, 1.82) is 0 Å². The van der Waals surface area contributed by atoms with Gasteiger partial charge in [0.25, 0.3) is 5.78 Å². The minimum absolute atomic E-state index is 0.566. The minimum Gasteiger partial charge on any atom is -0.244 e. The smallest absolute Gasteiger partial charge is 0.244 e. The molecule has 15 heavy (non-hydrogen) atoms. The van der Waals surface area contributed by atoms with Gasteiger partial charge in [0.2, 0.25) is 0 Å². The fourth-order valence-corrected chi connectivity index (χ4v) is 1.27. The molecule has 0 fully saturated rings. The molecule has 0 aliphatic carbocycles. The molecule has 72 valence electrons. The van der Waals surface area contributed by atoms with Crippen molar-refractivity contribution in [3.63, 3.8) is 0 Å². The normalized spacial score (nSPS) is 10.7. The van der Waals surface area contributed by atoms with E-state index in [2.05, 4.69) is 25.0 Å². The minimum atomic E-state index is 0.566. The van der Waals surface area contributed by atoms with Gasteiger partial charge in [-0.1, -0.05) is 0 Å². The average molecular weight is 198 g/mol. The average Bonchev–Trinajstić information content (AvgIpc) is 2.74. The van der Waals surface area contributed by atoms with Gasteiger partial charge < -0.3 is 0 Å². The summed E-state index contributed by atoms with van der Waals surface area (Å²) in [7, 11) is 0. The lowest BCUT2D eigenvalue weighted by Gasteiger charge is -1.89. The van der Waals surface area contributed by atoms with E-state index in [9.17, 15) is 0 Å². The van der Waals surface area contributed by atoms with Crippen LogP contribution in [-0.2, 0) is 0 Å². The standard InChI is InChI=1S/C9H6N6/c1-2-12-9-13-8(14-15(9)3-1)7-4-10-6-11-5-7/h1-6H. The summed E-state index contributed by atoms with van der Waals surface area (Å²) in [6.07, 6.45) is 8.28. The van der Waals surface area contributed by atoms with Gasteiger partial charge in [-0.3, -0.25) is 0 Å². The third kappa shape index (κ3) is 1.32. The lowest BCUT2D eigenvalue weighted by molar-refractivity contribution is 0.941. The van der Waals surface area contributed by atoms with Gasteiger partial charge in [-0.05, 0) is 6.07 Å². The molecule has 6 heteroatoms. The van der Waals surface area contributed by atoms with Crippen LogP contribution in [0.2, 0.25) is 0 Å². The highest BCUT2D eigenvalue weighted by atomic mass is 15.3. The summed E-state index contributed by atoms with van der Waals surface area (Å²) >= 11 is 0. The maximum atomic E-state index is 4.25. The molecule has 3 aromatic heterocycles. The largest absolute Gasteiger partial charge is 0.252 e. The topological polar surface area (TPSA) is 68.9 Å². The molecule has 6 nitrogen and oxygen atoms in total. The second-order valence-electron chi connectivity index (χ2n) is 2.93. The first-order chi connectivity index (χ1) is 7.43. The molecule has 0 saturated carbocycles. The van der Waals surface area contributed by atoms with E-state index in [1.54, 1.807) is 35.4 Å². The predicted octanol–water partition coefficient (Wildman–Crippen LogP) is 0.581. The van der Waals surface area contributed by atoms with Gasteiger partial charge in [0.1, 0.15) is 6.33 Å². The van der Waals surface area contributed by atoms with Crippen molar-refractivity contribution in [3.05, 3.63) is 37.2 Å². The first-order valence-corrected chi connectivity index (χ1v) is 4.36. The summed E-state index contributed by atoms with van der Waals surface area (Å²) in [6.45, 7) is 0. The van der Waals surface area contributed by atoms with E-state index in [1.165, 1.54) is 6.33 Å². The Bertz CT molecular complexity index is 555. The van der Waals surface area contributed by atoms with Crippen LogP contribution < -0.4 is 0 Å². The van der Waals surface area contributed by atoms with Crippen molar-refractivity contribution in [3.8, 4) is 11.4 Å². The Balaban J connectivity index is 2.21. The van der Waals surface area contributed by atoms with Gasteiger partial charge in [0, 0.05) is 24.8 Å². The Kier molecular flexibility index (Phi) is 1.64. The van der Waals surface area contributed by atoms with Gasteiger partial charge in [-0.2, -0.15) is 4.98 Å². The third-order valence-corrected chi connectivity index (χ3v) is 1.94. The molecule has 0 amide bonds. The summed E-state index contributed by atoms with van der Waals surface area (Å²) in [4.78, 5) is 16.1. The van der Waals surface area contributed by atoms with Crippen LogP contribution in [-0.4, -0.2) is 29.5 Å². The number of rotatable bonds is 1. The van der Waals surface area contributed by atoms with E-state index in [1.807, 2.05) is 0 Å². The summed E-state index contributed by atoms with van der Waals surface area (Å²) in [5, 5.41) is 4.25. The second kappa shape index (κ2) is 3.09. The van der Waals surface area contributed by atoms with Gasteiger partial charge in [0.05, 0.1) is 5.56 Å². The molecule has 0 radical (unpaired) electrons. The zero-order valence-corrected chi connectivity index (χ0v) is 7.65. The van der Waals surface area contributed by atoms with Crippen molar-refractivity contribution < 1.29 is 0 Å². The Morgan fingerprint density at radius 3 is 2.80 bits per heavy atom. The molecule has 0 atom stereocenters. The zero-order chi connectivity index (χ0) is 10.1. The number of nitrogens with zero attached hydrogens (tertiary/aromatic N) is 6. The molecule has 3 heterocycles. The predicted molar refractivity (Wildman–Crippen MR) is 51.8 cm³/mol. The highest BCUT2D eigenvalue weighted by Crippen LogP contribution is 2.11. The van der Waals surface area contributed by atoms with Crippen molar-refractivity contribution >= 4 is 5.78 Å². The zero-order valence-electron chi connectivity index (χ0n) is 7.65. The molecule has 0 aromatic carbocycles. The molecular formula is C9H6N6. The maximum Gasteiger partial charge on any atom is 0.252 e. The van der Waals surface area contributed by atoms with Crippen molar-refractivity contribution in [2.24, 2.45) is 0 Å². The Hall–Kier alpha value is -2.37. The van der Waals surface area contributed by atoms with Crippen molar-refractivity contribution in [2.45, 2.75) is 0 Å². The monoisotopic (exact) mass is 198 g/mol. The molecule has 0 aliphatic rings. The number of fused-ring (bicyclic) bond motifs is 1. The van der Waals surface area contributed by atoms with E-state index >= 15 is 0 Å². The van der Waals surface area contributed by atoms with E-state index in [0.717, 1.165) is 5.56 Å². The summed E-state index contributed by atoms with van der Waals surface area (Å²) in [6, 6.07) is 1.80. The van der Waals surface area contributed by atoms with Gasteiger partial charge in [-0.15, -0.1) is 5.10 Å². The fourth-order valence-electron chi connectivity index (χ4n) is 1.27. The highest BCUT2D eigenvalue weighted by Gasteiger charge is 2.06. The first kappa shape index (κ1) is 7.98. The highest BCUT2D eigenvalue weighted by molar-refractivity contribution is 5.53. The van der Waals surface area contributed by atoms with E-state index in [4.69, 9.17) is 0 Å². The lowest BCUT2D eigenvalue weighted by atomic mass is 10.3. The number of hydrogen-bond acceptors (Lipinski definition) is 5. The van der Waals surface area contributed by atoms with Crippen LogP contribution >= 0.6 is 0 Å². The first-order valence-electron chi connectivity index (χ1n) is 4.36.